The van der Waals surface area contributed by atoms with Gasteiger partial charge in [0.15, 0.2) is 5.71 Å². The third kappa shape index (κ3) is 25.3. The summed E-state index contributed by atoms with van der Waals surface area (Å²) in [4.78, 5) is 15.9. The molecule has 2 aromatic carbocycles. The predicted octanol–water partition coefficient (Wildman–Crippen LogP) is 0.326. The number of benzene rings is 2. The van der Waals surface area contributed by atoms with Crippen LogP contribution in [-0.4, -0.2) is 252 Å². The van der Waals surface area contributed by atoms with Crippen LogP contribution in [0.25, 0.3) is 0 Å². The van der Waals surface area contributed by atoms with E-state index in [1.54, 1.807) is 18.3 Å². The Labute approximate surface area is 507 Å². The van der Waals surface area contributed by atoms with Crippen molar-refractivity contribution in [2.24, 2.45) is 0 Å². The van der Waals surface area contributed by atoms with Gasteiger partial charge < -0.3 is 79.5 Å². The number of carbonyl (C=O) groups excluding carboxylic acids is 1. The average molecular weight is 1270 g/mol. The number of fused-ring (bicyclic) bond motifs is 2. The maximum Gasteiger partial charge on any atom is 0.264 e. The van der Waals surface area contributed by atoms with Gasteiger partial charge in [-0.15, -0.1) is 5.10 Å². The SMILES string of the molecule is CC1(C)C(/C=C/C=C/C=C/C=C2\Cc3cc(C(=O)NCc4cn(C(COC(COCC(O)CO)COCC(O)CO)COC(COCC(O)CO)COCC(O)CO)nn4)ccc3N2CCCCS(=O)(=O)O)=[N+](CCCCS(=O)(=O)O)c2ccccc21. The minimum atomic E-state index is -4.16. The van der Waals surface area contributed by atoms with E-state index in [0.29, 0.717) is 50.0 Å². The summed E-state index contributed by atoms with van der Waals surface area (Å²) in [7, 11) is -8.22. The van der Waals surface area contributed by atoms with Crippen molar-refractivity contribution in [1.29, 1.82) is 0 Å². The molecule has 0 fully saturated rings. The fourth-order valence-electron chi connectivity index (χ4n) is 9.37. The van der Waals surface area contributed by atoms with Crippen molar-refractivity contribution in [3.8, 4) is 0 Å². The quantitative estimate of drug-likeness (QED) is 0.0157. The first-order chi connectivity index (χ1) is 41.5. The average Bonchev–Trinajstić information content (AvgIpc) is 1.69. The molecule has 11 N–H and O–H groups in total. The Morgan fingerprint density at radius 3 is 1.77 bits per heavy atom. The maximum atomic E-state index is 13.8. The minimum Gasteiger partial charge on any atom is -0.394 e. The normalized spacial score (nSPS) is 17.4. The summed E-state index contributed by atoms with van der Waals surface area (Å²) in [5.41, 5.74) is 6.15. The highest BCUT2D eigenvalue weighted by molar-refractivity contribution is 7.86. The van der Waals surface area contributed by atoms with E-state index in [-0.39, 0.29) is 96.0 Å². The smallest absolute Gasteiger partial charge is 0.264 e. The zero-order valence-electron chi connectivity index (χ0n) is 49.2. The Morgan fingerprint density at radius 2 is 1.22 bits per heavy atom. The Morgan fingerprint density at radius 1 is 0.690 bits per heavy atom. The van der Waals surface area contributed by atoms with E-state index in [4.69, 9.17) is 28.4 Å². The molecule has 1 aromatic heterocycles. The number of aliphatic hydroxyl groups is 8. The lowest BCUT2D eigenvalue weighted by Gasteiger charge is -2.25. The first kappa shape index (κ1) is 72.5. The molecule has 0 radical (unpaired) electrons. The second kappa shape index (κ2) is 37.0. The number of rotatable bonds is 44. The summed E-state index contributed by atoms with van der Waals surface area (Å²) >= 11 is 0. The molecular weight excluding hydrogens is 1180 g/mol. The number of nitrogens with zero attached hydrogens (tertiary/aromatic N) is 5. The van der Waals surface area contributed by atoms with Crippen LogP contribution in [-0.2, 0) is 67.0 Å². The minimum absolute atomic E-state index is 0.0685. The van der Waals surface area contributed by atoms with Crippen LogP contribution >= 0.6 is 0 Å². The predicted molar refractivity (Wildman–Crippen MR) is 319 cm³/mol. The van der Waals surface area contributed by atoms with Gasteiger partial charge in [0.05, 0.1) is 122 Å². The highest BCUT2D eigenvalue weighted by Gasteiger charge is 2.44. The Balaban J connectivity index is 1.30. The number of aliphatic hydroxyl groups excluding tert-OH is 8. The van der Waals surface area contributed by atoms with Crippen molar-refractivity contribution in [2.45, 2.75) is 101 Å². The number of allylic oxidation sites excluding steroid dienone is 8. The topological polar surface area (TPSA) is 392 Å². The second-order valence-corrected chi connectivity index (χ2v) is 24.7. The molecule has 3 aromatic rings. The molecule has 0 spiro atoms. The molecule has 3 heterocycles. The lowest BCUT2D eigenvalue weighted by Crippen LogP contribution is -2.35. The van der Waals surface area contributed by atoms with Crippen molar-refractivity contribution >= 4 is 43.2 Å². The van der Waals surface area contributed by atoms with E-state index in [9.17, 15) is 71.6 Å². The van der Waals surface area contributed by atoms with E-state index in [2.05, 4.69) is 45.0 Å². The number of hydrogen-bond acceptors (Lipinski definition) is 22. The Hall–Kier alpha value is -5.26. The van der Waals surface area contributed by atoms with Gasteiger partial charge in [-0.1, -0.05) is 53.8 Å². The molecule has 29 heteroatoms. The van der Waals surface area contributed by atoms with Crippen LogP contribution in [0, 0.1) is 0 Å². The monoisotopic (exact) mass is 1270 g/mol. The van der Waals surface area contributed by atoms with Gasteiger partial charge in [-0.05, 0) is 62.9 Å². The van der Waals surface area contributed by atoms with Gasteiger partial charge in [0.1, 0.15) is 54.9 Å². The Bertz CT molecular complexity index is 2900. The van der Waals surface area contributed by atoms with Crippen LogP contribution in [0.5, 0.6) is 0 Å². The highest BCUT2D eigenvalue weighted by Crippen LogP contribution is 2.40. The zero-order chi connectivity index (χ0) is 63.4. The van der Waals surface area contributed by atoms with Gasteiger partial charge in [0.25, 0.3) is 26.1 Å². The van der Waals surface area contributed by atoms with Crippen LogP contribution in [0.15, 0.2) is 96.9 Å². The largest absolute Gasteiger partial charge is 0.394 e. The van der Waals surface area contributed by atoms with Crippen molar-refractivity contribution in [3.05, 3.63) is 119 Å². The molecule has 0 saturated carbocycles. The van der Waals surface area contributed by atoms with E-state index in [1.807, 2.05) is 66.8 Å². The number of amides is 1. The molecule has 4 atom stereocenters. The second-order valence-electron chi connectivity index (χ2n) is 21.6. The number of carbonyl (C=O) groups is 1. The van der Waals surface area contributed by atoms with Crippen LogP contribution in [0.4, 0.5) is 11.4 Å². The first-order valence-corrected chi connectivity index (χ1v) is 31.9. The molecule has 0 aliphatic carbocycles. The van der Waals surface area contributed by atoms with E-state index in [1.165, 1.54) is 4.68 Å². The van der Waals surface area contributed by atoms with Crippen molar-refractivity contribution in [2.75, 3.05) is 122 Å². The van der Waals surface area contributed by atoms with Crippen LogP contribution < -0.4 is 10.2 Å². The third-order valence-corrected chi connectivity index (χ3v) is 15.5. The summed E-state index contributed by atoms with van der Waals surface area (Å²) in [5.74, 6) is -1.11. The summed E-state index contributed by atoms with van der Waals surface area (Å²) in [6.45, 7) is 1.28. The Kier molecular flexibility index (Phi) is 30.9. The number of unbranched alkanes of at least 4 members (excludes halogenated alkanes) is 2. The third-order valence-electron chi connectivity index (χ3n) is 13.9. The zero-order valence-corrected chi connectivity index (χ0v) is 50.8. The molecule has 1 amide bonds. The van der Waals surface area contributed by atoms with Gasteiger partial charge in [-0.2, -0.15) is 21.4 Å². The van der Waals surface area contributed by atoms with Gasteiger partial charge in [0, 0.05) is 54.0 Å². The molecule has 2 aliphatic rings. The standard InChI is InChI=1S/C58H86N6O21S2/c1-58(2)53-15-8-9-16-55(53)63(21-11-13-23-87(77,78)79)56(58)17-7-5-3-4-6-14-45-25-43-24-42(18-19-54(43)62(45)20-10-12-22-86(74,75)76)57(73)59-26-44-27-64(61-60-44)46(32-84-51(38-80-34-47(69)28-65)39-81-35-48(70)29-66)33-85-52(40-82-36-49(71)30-67)41-83-37-50(72)31-68/h3-9,14-19,24,27,46-52,65-72H,10-13,20-23,25-26,28-41H2,1-2H3,(H2-,59,73,74,75,76,77,78,79)/p+1. The lowest BCUT2D eigenvalue weighted by atomic mass is 9.81. The molecule has 2 aliphatic heterocycles. The van der Waals surface area contributed by atoms with E-state index in [0.717, 1.165) is 33.9 Å². The van der Waals surface area contributed by atoms with Crippen molar-refractivity contribution in [1.82, 2.24) is 20.3 Å². The molecule has 27 nitrogen and oxygen atoms in total. The molecule has 486 valence electrons. The molecule has 0 bridgehead atoms. The summed E-state index contributed by atoms with van der Waals surface area (Å²) in [6, 6.07) is 12.6. The van der Waals surface area contributed by atoms with Crippen LogP contribution in [0.2, 0.25) is 0 Å². The maximum absolute atomic E-state index is 13.8. The van der Waals surface area contributed by atoms with Gasteiger partial charge in [-0.25, -0.2) is 4.68 Å². The fraction of sp³-hybridized carbons (Fsp3) is 0.586. The van der Waals surface area contributed by atoms with Crippen molar-refractivity contribution in [3.63, 3.8) is 0 Å². The highest BCUT2D eigenvalue weighted by atomic mass is 32.2. The first-order valence-electron chi connectivity index (χ1n) is 28.7. The lowest BCUT2D eigenvalue weighted by molar-refractivity contribution is -0.438. The molecule has 5 rings (SSSR count). The van der Waals surface area contributed by atoms with Crippen LogP contribution in [0.1, 0.15) is 72.8 Å². The van der Waals surface area contributed by atoms with Crippen LogP contribution in [0.3, 0.4) is 0 Å². The van der Waals surface area contributed by atoms with Gasteiger partial charge in [0.2, 0.25) is 5.69 Å². The van der Waals surface area contributed by atoms with E-state index >= 15 is 0 Å². The molecule has 4 unspecified atom stereocenters. The van der Waals surface area contributed by atoms with Crippen molar-refractivity contribution < 1.29 is 105 Å². The van der Waals surface area contributed by atoms with E-state index < -0.39 is 95.2 Å². The number of anilines is 1. The van der Waals surface area contributed by atoms with Gasteiger partial charge >= 0.3 is 0 Å². The number of aromatic nitrogens is 3. The summed E-state index contributed by atoms with van der Waals surface area (Å²) < 4.78 is 103. The summed E-state index contributed by atoms with van der Waals surface area (Å²) in [6.07, 6.45) is 10.7. The number of ether oxygens (including phenoxy) is 6. The number of nitrogens with one attached hydrogen (secondary N) is 1. The molecular formula is C58H87N6O21S2+. The number of para-hydroxylation sites is 1. The molecule has 87 heavy (non-hydrogen) atoms. The number of hydrogen-bond donors (Lipinski definition) is 11. The fourth-order valence-corrected chi connectivity index (χ4v) is 10.5. The molecule has 0 saturated heterocycles. The summed E-state index contributed by atoms with van der Waals surface area (Å²) in [5, 5.41) is 88.0. The van der Waals surface area contributed by atoms with Gasteiger partial charge in [-0.3, -0.25) is 13.9 Å².